The summed E-state index contributed by atoms with van der Waals surface area (Å²) in [6, 6.07) is 93.7. The largest absolute Gasteiger partial charge is 0.342 e. The minimum atomic E-state index is -0.231. The topological polar surface area (TPSA) is 267 Å². The Hall–Kier alpha value is -15.4. The van der Waals surface area contributed by atoms with Crippen molar-refractivity contribution in [3.63, 3.8) is 0 Å². The first-order valence-electron chi connectivity index (χ1n) is 33.5. The van der Waals surface area contributed by atoms with Crippen LogP contribution >= 0.6 is 0 Å². The third kappa shape index (κ3) is 24.1. The first-order valence-corrected chi connectivity index (χ1v) is 33.5. The van der Waals surface area contributed by atoms with Crippen molar-refractivity contribution < 1.29 is 38.4 Å². The minimum absolute atomic E-state index is 0. The first-order chi connectivity index (χ1) is 53.0. The number of nitrogens with zero attached hydrogens (tertiary/aromatic N) is 12. The van der Waals surface area contributed by atoms with Gasteiger partial charge in [0, 0.05) is 0 Å². The lowest BCUT2D eigenvalue weighted by Gasteiger charge is -2.42. The van der Waals surface area contributed by atoms with Gasteiger partial charge in [-0.05, 0) is 251 Å². The van der Waals surface area contributed by atoms with Gasteiger partial charge in [0.15, 0.2) is 0 Å². The fourth-order valence-electron chi connectivity index (χ4n) is 11.3. The maximum atomic E-state index is 13.9. The fraction of sp³-hybridized carbons (Fsp3) is 0.0989. The van der Waals surface area contributed by atoms with Crippen LogP contribution in [-0.2, 0) is 72.1 Å². The Morgan fingerprint density at radius 2 is 0.342 bits per heavy atom. The molecule has 1 aliphatic heterocycles. The summed E-state index contributed by atoms with van der Waals surface area (Å²) in [5.41, 5.74) is 20.8. The molecule has 0 spiro atoms. The number of guanidine groups is 1. The highest BCUT2D eigenvalue weighted by atomic mass is 16.2. The average molecular weight is 1460 g/mol. The lowest BCUT2D eigenvalue weighted by Crippen LogP contribution is -2.65. The third-order valence-electron chi connectivity index (χ3n) is 16.8. The van der Waals surface area contributed by atoms with Gasteiger partial charge in [0.2, 0.25) is 48.5 Å². The van der Waals surface area contributed by atoms with Crippen LogP contribution in [0.15, 0.2) is 341 Å². The number of hydrogen-bond acceptors (Lipinski definition) is 18. The van der Waals surface area contributed by atoms with Crippen molar-refractivity contribution in [3.8, 4) is 0 Å². The zero-order valence-electron chi connectivity index (χ0n) is 57.6. The van der Waals surface area contributed by atoms with Gasteiger partial charge in [-0.25, -0.2) is 53.1 Å². The number of aliphatic imine (C=N–C) groups is 10. The number of anilines is 2. The van der Waals surface area contributed by atoms with Crippen molar-refractivity contribution in [3.05, 3.63) is 358 Å². The predicted molar refractivity (Wildman–Crippen MR) is 435 cm³/mol. The number of rotatable bonds is 24. The monoisotopic (exact) mass is 1460 g/mol. The Morgan fingerprint density at radius 1 is 0.198 bits per heavy atom. The van der Waals surface area contributed by atoms with E-state index in [9.17, 15) is 38.4 Å². The molecule has 0 saturated carbocycles. The fourth-order valence-corrected chi connectivity index (χ4v) is 11.3. The number of amides is 2. The smallest absolute Gasteiger partial charge is 0.247 e. The number of hydrogen-bond donors (Lipinski definition) is 0. The summed E-state index contributed by atoms with van der Waals surface area (Å²) in [6.07, 6.45) is 15.1. The van der Waals surface area contributed by atoms with Crippen molar-refractivity contribution in [1.29, 1.82) is 0 Å². The molecule has 12 aromatic rings. The molecule has 0 aliphatic carbocycles. The van der Waals surface area contributed by atoms with Gasteiger partial charge >= 0.3 is 6.03 Å². The molecule has 0 unspecified atom stereocenters. The van der Waals surface area contributed by atoms with E-state index >= 15 is 0 Å². The van der Waals surface area contributed by atoms with E-state index in [1.165, 1.54) is 12.2 Å². The van der Waals surface area contributed by atoms with Gasteiger partial charge in [-0.2, -0.15) is 44.9 Å². The Morgan fingerprint density at radius 3 is 0.505 bits per heavy atom. The Balaban J connectivity index is 0.000000232. The quantitative estimate of drug-likeness (QED) is 0.0413. The van der Waals surface area contributed by atoms with Crippen LogP contribution in [0.4, 0.5) is 73.0 Å². The lowest BCUT2D eigenvalue weighted by molar-refractivity contribution is 0.253. The standard InChI is InChI=1S/C44H30N6O4.C29H20N4O2.C15H10N2O2.3CH4/c51-28-45-37-13-1-31(2-14-37)25-34-7-19-40(20-8-34)48-43-49(41-21-9-35(10-22-41)26-32-3-15-38(16-4-32)46-29-52)44(54)50(43)42-23-11-36(12-24-42)27-33-5-17-39(18-6-33)47-30-53;34-20-32-28-13-5-24(6-14-28)17-22-1-9-26(10-2-22)30-19-31-27-11-3-23(4-12-27)18-25-7-15-29(16-8-25)33-21-35;18-10-16-14-5-1-12(2-6-14)9-13-3-7-15(8-4-13)17-11-19;;;/h1-24H,25-27H2;1-16H,17-18H2;1-8H,9H2;3*1H4. The molecule has 0 N–H and O–H groups in total. The van der Waals surface area contributed by atoms with E-state index in [1.54, 1.807) is 125 Å². The molecule has 0 atom stereocenters. The van der Waals surface area contributed by atoms with Crippen LogP contribution < -0.4 is 9.80 Å². The van der Waals surface area contributed by atoms with E-state index in [-0.39, 0.29) is 28.3 Å². The molecular formula is C91H72N12O8. The van der Waals surface area contributed by atoms with E-state index in [2.05, 4.69) is 50.9 Å². The van der Waals surface area contributed by atoms with E-state index < -0.39 is 0 Å². The summed E-state index contributed by atoms with van der Waals surface area (Å²) in [7, 11) is 0. The molecule has 0 radical (unpaired) electrons. The minimum Gasteiger partial charge on any atom is -0.247 e. The van der Waals surface area contributed by atoms with Crippen molar-refractivity contribution in [2.24, 2.45) is 49.9 Å². The van der Waals surface area contributed by atoms with E-state index in [4.69, 9.17) is 4.99 Å². The summed E-state index contributed by atoms with van der Waals surface area (Å²) in [5, 5.41) is 0. The van der Waals surface area contributed by atoms with Gasteiger partial charge in [-0.1, -0.05) is 168 Å². The number of isocyanates is 7. The van der Waals surface area contributed by atoms with Crippen LogP contribution in [0.2, 0.25) is 0 Å². The van der Waals surface area contributed by atoms with E-state index in [0.717, 1.165) is 97.4 Å². The van der Waals surface area contributed by atoms with Crippen molar-refractivity contribution in [2.45, 2.75) is 60.8 Å². The molecule has 0 aromatic heterocycles. The molecule has 13 rings (SSSR count). The summed E-state index contributed by atoms with van der Waals surface area (Å²) in [5.74, 6) is 0.470. The van der Waals surface area contributed by atoms with Crippen LogP contribution in [0.5, 0.6) is 0 Å². The first kappa shape index (κ1) is 81.3. The summed E-state index contributed by atoms with van der Waals surface area (Å²) < 4.78 is 0. The average Bonchev–Trinajstić information content (AvgIpc) is 0.738. The van der Waals surface area contributed by atoms with Gasteiger partial charge in [0.1, 0.15) is 6.01 Å². The Labute approximate surface area is 642 Å². The molecule has 1 heterocycles. The lowest BCUT2D eigenvalue weighted by atomic mass is 10.0. The van der Waals surface area contributed by atoms with Crippen molar-refractivity contribution in [1.82, 2.24) is 0 Å². The van der Waals surface area contributed by atoms with Crippen LogP contribution in [0.25, 0.3) is 0 Å². The highest BCUT2D eigenvalue weighted by Gasteiger charge is 2.44. The molecule has 1 aliphatic rings. The molecule has 12 aromatic carbocycles. The third-order valence-corrected chi connectivity index (χ3v) is 16.8. The van der Waals surface area contributed by atoms with E-state index in [0.29, 0.717) is 82.1 Å². The molecule has 1 fully saturated rings. The van der Waals surface area contributed by atoms with Crippen LogP contribution in [0, 0.1) is 0 Å². The summed E-state index contributed by atoms with van der Waals surface area (Å²) in [4.78, 5) is 128. The molecular weight excluding hydrogens is 1390 g/mol. The van der Waals surface area contributed by atoms with Gasteiger partial charge < -0.3 is 0 Å². The van der Waals surface area contributed by atoms with Gasteiger partial charge in [0.25, 0.3) is 0 Å². The van der Waals surface area contributed by atoms with Crippen molar-refractivity contribution in [2.75, 3.05) is 9.80 Å². The van der Waals surface area contributed by atoms with E-state index in [1.807, 2.05) is 206 Å². The normalized spacial score (nSPS) is 10.5. The second-order valence-electron chi connectivity index (χ2n) is 24.2. The zero-order valence-corrected chi connectivity index (χ0v) is 57.6. The summed E-state index contributed by atoms with van der Waals surface area (Å²) >= 11 is 0. The Bertz CT molecular complexity index is 5290. The Kier molecular flexibility index (Phi) is 30.7. The van der Waals surface area contributed by atoms with Gasteiger partial charge in [0.05, 0.1) is 68.2 Å². The zero-order chi connectivity index (χ0) is 75.1. The molecule has 111 heavy (non-hydrogen) atoms. The number of carbonyl (C=O) groups excluding carboxylic acids is 8. The number of urea groups is 1. The van der Waals surface area contributed by atoms with Crippen molar-refractivity contribution >= 4 is 129 Å². The second-order valence-corrected chi connectivity index (χ2v) is 24.2. The predicted octanol–water partition coefficient (Wildman–Crippen LogP) is 21.6. The van der Waals surface area contributed by atoms with Gasteiger partial charge in [-0.3, -0.25) is 0 Å². The molecule has 20 nitrogen and oxygen atoms in total. The summed E-state index contributed by atoms with van der Waals surface area (Å²) in [6.45, 7) is 0. The molecule has 2 amide bonds. The SMILES string of the molecule is C.C.C.O=C=Nc1ccc(Cc2ccc(N=C3N(c4ccc(Cc5ccc(N=C=O)cc5)cc4)C(=O)N3c3ccc(Cc4ccc(N=C=O)cc4)cc3)cc2)cc1.O=C=Nc1ccc(Cc2ccc(N=C=Nc3ccc(Cc4ccc(N=C=O)cc4)cc3)cc2)cc1.O=C=Nc1ccc(Cc2ccc(N=C=O)cc2)cc1. The van der Waals surface area contributed by atoms with Crippen LogP contribution in [-0.4, -0.2) is 60.6 Å². The number of benzene rings is 12. The maximum Gasteiger partial charge on any atom is 0.342 e. The molecule has 20 heteroatoms. The molecule has 1 saturated heterocycles. The highest BCUT2D eigenvalue weighted by Crippen LogP contribution is 2.34. The molecule has 0 bridgehead atoms. The highest BCUT2D eigenvalue weighted by molar-refractivity contribution is 6.43. The molecule has 544 valence electrons. The van der Waals surface area contributed by atoms with Crippen LogP contribution in [0.3, 0.4) is 0 Å². The van der Waals surface area contributed by atoms with Gasteiger partial charge in [-0.15, -0.1) is 0 Å². The number of carbonyl (C=O) groups is 1. The second kappa shape index (κ2) is 41.9. The van der Waals surface area contributed by atoms with Crippen LogP contribution in [0.1, 0.15) is 89.0 Å². The maximum absolute atomic E-state index is 13.9.